The number of pyridine rings is 1. The fourth-order valence-electron chi connectivity index (χ4n) is 2.88. The molecule has 112 valence electrons. The molecule has 0 N–H and O–H groups in total. The van der Waals surface area contributed by atoms with E-state index in [1.807, 2.05) is 12.3 Å². The molecule has 4 heteroatoms. The molecule has 1 unspecified atom stereocenters. The summed E-state index contributed by atoms with van der Waals surface area (Å²) < 4.78 is 11.0. The van der Waals surface area contributed by atoms with Gasteiger partial charge in [0.1, 0.15) is 0 Å². The zero-order chi connectivity index (χ0) is 14.5. The molecule has 0 amide bonds. The molecule has 1 aromatic carbocycles. The quantitative estimate of drug-likeness (QED) is 0.846. The lowest BCUT2D eigenvalue weighted by molar-refractivity contribution is -0.0431. The molecule has 21 heavy (non-hydrogen) atoms. The van der Waals surface area contributed by atoms with Crippen LogP contribution in [-0.2, 0) is 16.0 Å². The summed E-state index contributed by atoms with van der Waals surface area (Å²) in [6.45, 7) is 4.48. The van der Waals surface area contributed by atoms with Gasteiger partial charge in [0.05, 0.1) is 18.2 Å². The van der Waals surface area contributed by atoms with Crippen molar-refractivity contribution < 1.29 is 9.47 Å². The van der Waals surface area contributed by atoms with Crippen molar-refractivity contribution in [1.29, 1.82) is 0 Å². The van der Waals surface area contributed by atoms with Gasteiger partial charge in [0.2, 0.25) is 0 Å². The average Bonchev–Trinajstić information content (AvgIpc) is 2.54. The topological polar surface area (TPSA) is 34.6 Å². The van der Waals surface area contributed by atoms with E-state index in [0.717, 1.165) is 44.8 Å². The maximum atomic E-state index is 5.80. The van der Waals surface area contributed by atoms with Crippen LogP contribution in [0.2, 0.25) is 0 Å². The summed E-state index contributed by atoms with van der Waals surface area (Å²) in [6, 6.07) is 10.5. The maximum Gasteiger partial charge on any atom is 0.0724 e. The van der Waals surface area contributed by atoms with Crippen LogP contribution in [0.4, 0.5) is 0 Å². The van der Waals surface area contributed by atoms with Gasteiger partial charge in [-0.3, -0.25) is 9.88 Å². The second-order valence-electron chi connectivity index (χ2n) is 5.50. The fourth-order valence-corrected chi connectivity index (χ4v) is 2.88. The Morgan fingerprint density at radius 2 is 2.24 bits per heavy atom. The third-order valence-corrected chi connectivity index (χ3v) is 4.00. The summed E-state index contributed by atoms with van der Waals surface area (Å²) in [6.07, 6.45) is 3.15. The predicted octanol–water partition coefficient (Wildman–Crippen LogP) is 2.47. The van der Waals surface area contributed by atoms with E-state index in [0.29, 0.717) is 0 Å². The van der Waals surface area contributed by atoms with Gasteiger partial charge in [0.25, 0.3) is 0 Å². The summed E-state index contributed by atoms with van der Waals surface area (Å²) in [5, 5.41) is 1.25. The second kappa shape index (κ2) is 6.98. The van der Waals surface area contributed by atoms with Crippen molar-refractivity contribution in [3.05, 3.63) is 42.1 Å². The molecule has 1 aliphatic rings. The molecule has 2 aromatic rings. The van der Waals surface area contributed by atoms with E-state index < -0.39 is 0 Å². The fraction of sp³-hybridized carbons (Fsp3) is 0.471. The summed E-state index contributed by atoms with van der Waals surface area (Å²) in [7, 11) is 1.74. The number of morpholine rings is 1. The second-order valence-corrected chi connectivity index (χ2v) is 5.50. The van der Waals surface area contributed by atoms with E-state index in [-0.39, 0.29) is 6.10 Å². The van der Waals surface area contributed by atoms with Gasteiger partial charge < -0.3 is 9.47 Å². The number of hydrogen-bond donors (Lipinski definition) is 0. The molecule has 2 heterocycles. The Bertz CT molecular complexity index is 583. The van der Waals surface area contributed by atoms with Gasteiger partial charge in [-0.15, -0.1) is 0 Å². The number of ether oxygens (including phenoxy) is 2. The first-order valence-corrected chi connectivity index (χ1v) is 7.52. The van der Waals surface area contributed by atoms with Crippen molar-refractivity contribution in [2.24, 2.45) is 0 Å². The SMILES string of the molecule is COCCC1CN(Cc2ccnc3ccccc23)CCO1. The third kappa shape index (κ3) is 3.59. The van der Waals surface area contributed by atoms with Crippen LogP contribution in [0.1, 0.15) is 12.0 Å². The van der Waals surface area contributed by atoms with Crippen LogP contribution in [0, 0.1) is 0 Å². The minimum Gasteiger partial charge on any atom is -0.385 e. The number of hydrogen-bond acceptors (Lipinski definition) is 4. The molecule has 1 saturated heterocycles. The molecular formula is C17H22N2O2. The molecule has 1 aliphatic heterocycles. The lowest BCUT2D eigenvalue weighted by Gasteiger charge is -2.33. The Hall–Kier alpha value is -1.49. The van der Waals surface area contributed by atoms with Gasteiger partial charge in [-0.25, -0.2) is 0 Å². The molecular weight excluding hydrogens is 264 g/mol. The summed E-state index contributed by atoms with van der Waals surface area (Å²) in [4.78, 5) is 6.89. The molecule has 0 saturated carbocycles. The Balaban J connectivity index is 1.70. The van der Waals surface area contributed by atoms with E-state index in [9.17, 15) is 0 Å². The molecule has 1 fully saturated rings. The minimum absolute atomic E-state index is 0.284. The number of para-hydroxylation sites is 1. The van der Waals surface area contributed by atoms with E-state index in [4.69, 9.17) is 9.47 Å². The Kier molecular flexibility index (Phi) is 4.80. The highest BCUT2D eigenvalue weighted by molar-refractivity contribution is 5.81. The van der Waals surface area contributed by atoms with E-state index in [1.54, 1.807) is 7.11 Å². The van der Waals surface area contributed by atoms with Crippen LogP contribution in [0.3, 0.4) is 0 Å². The Morgan fingerprint density at radius 3 is 3.14 bits per heavy atom. The van der Waals surface area contributed by atoms with Gasteiger partial charge in [0.15, 0.2) is 0 Å². The van der Waals surface area contributed by atoms with Gasteiger partial charge in [-0.05, 0) is 24.1 Å². The first-order valence-electron chi connectivity index (χ1n) is 7.52. The van der Waals surface area contributed by atoms with Gasteiger partial charge in [-0.1, -0.05) is 18.2 Å². The molecule has 1 aromatic heterocycles. The lowest BCUT2D eigenvalue weighted by Crippen LogP contribution is -2.42. The van der Waals surface area contributed by atoms with Crippen molar-refractivity contribution in [3.63, 3.8) is 0 Å². The monoisotopic (exact) mass is 286 g/mol. The Morgan fingerprint density at radius 1 is 1.33 bits per heavy atom. The van der Waals surface area contributed by atoms with Crippen LogP contribution in [0.15, 0.2) is 36.5 Å². The molecule has 0 aliphatic carbocycles. The standard InChI is InChI=1S/C17H22N2O2/c1-20-10-7-15-13-19(9-11-21-15)12-14-6-8-18-17-5-3-2-4-16(14)17/h2-6,8,15H,7,9-13H2,1H3. The number of aromatic nitrogens is 1. The smallest absolute Gasteiger partial charge is 0.0724 e. The van der Waals surface area contributed by atoms with E-state index >= 15 is 0 Å². The van der Waals surface area contributed by atoms with Crippen molar-refractivity contribution in [2.45, 2.75) is 19.1 Å². The van der Waals surface area contributed by atoms with Crippen molar-refractivity contribution in [2.75, 3.05) is 33.4 Å². The predicted molar refractivity (Wildman–Crippen MR) is 83.3 cm³/mol. The summed E-state index contributed by atoms with van der Waals surface area (Å²) in [5.74, 6) is 0. The highest BCUT2D eigenvalue weighted by Crippen LogP contribution is 2.19. The molecule has 0 spiro atoms. The van der Waals surface area contributed by atoms with Crippen LogP contribution in [0.5, 0.6) is 0 Å². The number of nitrogens with zero attached hydrogens (tertiary/aromatic N) is 2. The van der Waals surface area contributed by atoms with Crippen LogP contribution >= 0.6 is 0 Å². The zero-order valence-electron chi connectivity index (χ0n) is 12.5. The van der Waals surface area contributed by atoms with Gasteiger partial charge in [0, 0.05) is 44.9 Å². The first-order chi connectivity index (χ1) is 10.4. The first kappa shape index (κ1) is 14.4. The van der Waals surface area contributed by atoms with Crippen LogP contribution < -0.4 is 0 Å². The number of methoxy groups -OCH3 is 1. The van der Waals surface area contributed by atoms with Crippen molar-refractivity contribution >= 4 is 10.9 Å². The minimum atomic E-state index is 0.284. The van der Waals surface area contributed by atoms with Crippen LogP contribution in [-0.4, -0.2) is 49.4 Å². The lowest BCUT2D eigenvalue weighted by atomic mass is 10.1. The zero-order valence-corrected chi connectivity index (χ0v) is 12.5. The normalized spacial score (nSPS) is 20.0. The molecule has 0 bridgehead atoms. The van der Waals surface area contributed by atoms with Gasteiger partial charge >= 0.3 is 0 Å². The summed E-state index contributed by atoms with van der Waals surface area (Å²) >= 11 is 0. The third-order valence-electron chi connectivity index (χ3n) is 4.00. The van der Waals surface area contributed by atoms with E-state index in [2.05, 4.69) is 34.1 Å². The summed E-state index contributed by atoms with van der Waals surface area (Å²) in [5.41, 5.74) is 2.41. The highest BCUT2D eigenvalue weighted by atomic mass is 16.5. The average molecular weight is 286 g/mol. The Labute approximate surface area is 125 Å². The maximum absolute atomic E-state index is 5.80. The van der Waals surface area contributed by atoms with Gasteiger partial charge in [-0.2, -0.15) is 0 Å². The largest absolute Gasteiger partial charge is 0.385 e. The van der Waals surface area contributed by atoms with Crippen molar-refractivity contribution in [3.8, 4) is 0 Å². The molecule has 1 atom stereocenters. The molecule has 4 nitrogen and oxygen atoms in total. The number of benzene rings is 1. The number of rotatable bonds is 5. The van der Waals surface area contributed by atoms with Crippen molar-refractivity contribution in [1.82, 2.24) is 9.88 Å². The molecule has 0 radical (unpaired) electrons. The van der Waals surface area contributed by atoms with Crippen LogP contribution in [0.25, 0.3) is 10.9 Å². The highest BCUT2D eigenvalue weighted by Gasteiger charge is 2.20. The van der Waals surface area contributed by atoms with E-state index in [1.165, 1.54) is 10.9 Å². The number of fused-ring (bicyclic) bond motifs is 1. The molecule has 3 rings (SSSR count).